The van der Waals surface area contributed by atoms with E-state index in [1.165, 1.54) is 22.9 Å². The van der Waals surface area contributed by atoms with Crippen LogP contribution in [0.3, 0.4) is 0 Å². The van der Waals surface area contributed by atoms with E-state index >= 15 is 0 Å². The quantitative estimate of drug-likeness (QED) is 0.390. The maximum Gasteiger partial charge on any atom is 0.416 e. The number of halogens is 3. The van der Waals surface area contributed by atoms with Crippen molar-refractivity contribution in [2.45, 2.75) is 31.9 Å². The molecule has 4 aromatic rings. The van der Waals surface area contributed by atoms with Crippen LogP contribution in [-0.4, -0.2) is 38.7 Å². The van der Waals surface area contributed by atoms with Gasteiger partial charge in [-0.15, -0.1) is 11.3 Å². The minimum Gasteiger partial charge on any atom is -0.336 e. The molecule has 35 heavy (non-hydrogen) atoms. The SMILES string of the molecule is Cc1cc(=O)c(C(=O)N2CCC[C@@H](c3nc4ccccc4s3)C2)nn1-c1cccc(C(F)(F)F)c1. The summed E-state index contributed by atoms with van der Waals surface area (Å²) in [5.74, 6) is -0.484. The Balaban J connectivity index is 1.45. The molecule has 1 aliphatic heterocycles. The lowest BCUT2D eigenvalue weighted by atomic mass is 9.98. The number of aryl methyl sites for hydroxylation is 1. The summed E-state index contributed by atoms with van der Waals surface area (Å²) in [5, 5.41) is 5.15. The van der Waals surface area contributed by atoms with Crippen LogP contribution in [0.15, 0.2) is 59.4 Å². The molecular formula is C25H21F3N4O2S. The number of thiazole rings is 1. The molecule has 5 rings (SSSR count). The van der Waals surface area contributed by atoms with E-state index in [0.29, 0.717) is 18.8 Å². The van der Waals surface area contributed by atoms with Crippen molar-refractivity contribution < 1.29 is 18.0 Å². The molecule has 0 unspecified atom stereocenters. The molecule has 180 valence electrons. The number of likely N-dealkylation sites (tertiary alicyclic amines) is 1. The first-order chi connectivity index (χ1) is 16.7. The normalized spacial score (nSPS) is 16.6. The van der Waals surface area contributed by atoms with Gasteiger partial charge in [0.1, 0.15) is 0 Å². The summed E-state index contributed by atoms with van der Waals surface area (Å²) < 4.78 is 41.9. The van der Waals surface area contributed by atoms with Gasteiger partial charge in [-0.2, -0.15) is 18.3 Å². The molecule has 0 radical (unpaired) electrons. The van der Waals surface area contributed by atoms with E-state index in [0.717, 1.165) is 40.2 Å². The van der Waals surface area contributed by atoms with Crippen molar-refractivity contribution in [1.82, 2.24) is 19.7 Å². The van der Waals surface area contributed by atoms with Gasteiger partial charge in [0.2, 0.25) is 5.43 Å². The Morgan fingerprint density at radius 3 is 2.69 bits per heavy atom. The zero-order valence-corrected chi connectivity index (χ0v) is 19.6. The Morgan fingerprint density at radius 2 is 1.91 bits per heavy atom. The molecule has 10 heteroatoms. The zero-order chi connectivity index (χ0) is 24.7. The van der Waals surface area contributed by atoms with Gasteiger partial charge in [0, 0.05) is 30.8 Å². The molecule has 0 saturated carbocycles. The number of rotatable bonds is 3. The number of para-hydroxylation sites is 1. The molecular weight excluding hydrogens is 477 g/mol. The van der Waals surface area contributed by atoms with Gasteiger partial charge in [0.15, 0.2) is 5.69 Å². The fourth-order valence-electron chi connectivity index (χ4n) is 4.35. The van der Waals surface area contributed by atoms with E-state index < -0.39 is 23.1 Å². The molecule has 1 atom stereocenters. The summed E-state index contributed by atoms with van der Waals surface area (Å²) in [7, 11) is 0. The van der Waals surface area contributed by atoms with Crippen molar-refractivity contribution in [1.29, 1.82) is 0 Å². The first-order valence-corrected chi connectivity index (χ1v) is 12.0. The molecule has 3 heterocycles. The molecule has 6 nitrogen and oxygen atoms in total. The summed E-state index contributed by atoms with van der Waals surface area (Å²) in [5.41, 5.74) is -0.331. The van der Waals surface area contributed by atoms with Crippen LogP contribution in [0, 0.1) is 6.92 Å². The topological polar surface area (TPSA) is 68.1 Å². The Labute approximate surface area is 202 Å². The van der Waals surface area contributed by atoms with Gasteiger partial charge in [-0.05, 0) is 50.1 Å². The van der Waals surface area contributed by atoms with Crippen LogP contribution in [0.5, 0.6) is 0 Å². The van der Waals surface area contributed by atoms with Crippen molar-refractivity contribution in [2.75, 3.05) is 13.1 Å². The maximum atomic E-state index is 13.3. The predicted molar refractivity (Wildman–Crippen MR) is 127 cm³/mol. The smallest absolute Gasteiger partial charge is 0.336 e. The second-order valence-corrected chi connectivity index (χ2v) is 9.63. The number of hydrogen-bond acceptors (Lipinski definition) is 5. The maximum absolute atomic E-state index is 13.3. The van der Waals surface area contributed by atoms with Crippen LogP contribution in [0.4, 0.5) is 13.2 Å². The highest BCUT2D eigenvalue weighted by atomic mass is 32.1. The number of alkyl halides is 3. The molecule has 2 aromatic heterocycles. The molecule has 1 saturated heterocycles. The summed E-state index contributed by atoms with van der Waals surface area (Å²) in [6, 6.07) is 13.7. The minimum absolute atomic E-state index is 0.0428. The number of fused-ring (bicyclic) bond motifs is 1. The highest BCUT2D eigenvalue weighted by Gasteiger charge is 2.32. The van der Waals surface area contributed by atoms with Gasteiger partial charge in [-0.1, -0.05) is 18.2 Å². The van der Waals surface area contributed by atoms with Crippen LogP contribution in [-0.2, 0) is 6.18 Å². The van der Waals surface area contributed by atoms with Crippen molar-refractivity contribution in [3.63, 3.8) is 0 Å². The average Bonchev–Trinajstić information content (AvgIpc) is 3.28. The second kappa shape index (κ2) is 8.92. The van der Waals surface area contributed by atoms with E-state index in [4.69, 9.17) is 4.98 Å². The lowest BCUT2D eigenvalue weighted by molar-refractivity contribution is -0.137. The Hall–Kier alpha value is -3.53. The fraction of sp³-hybridized carbons (Fsp3) is 0.280. The minimum atomic E-state index is -4.52. The van der Waals surface area contributed by atoms with Crippen LogP contribution in [0.25, 0.3) is 15.9 Å². The number of piperidine rings is 1. The number of carbonyl (C=O) groups excluding carboxylic acids is 1. The zero-order valence-electron chi connectivity index (χ0n) is 18.7. The summed E-state index contributed by atoms with van der Waals surface area (Å²) in [4.78, 5) is 32.3. The number of hydrogen-bond donors (Lipinski definition) is 0. The van der Waals surface area contributed by atoms with Gasteiger partial charge in [-0.3, -0.25) is 9.59 Å². The van der Waals surface area contributed by atoms with E-state index in [-0.39, 0.29) is 17.3 Å². The van der Waals surface area contributed by atoms with Crippen molar-refractivity contribution in [2.24, 2.45) is 0 Å². The molecule has 0 N–H and O–H groups in total. The third kappa shape index (κ3) is 4.58. The summed E-state index contributed by atoms with van der Waals surface area (Å²) >= 11 is 1.60. The van der Waals surface area contributed by atoms with Gasteiger partial charge in [0.05, 0.1) is 26.5 Å². The van der Waals surface area contributed by atoms with Gasteiger partial charge in [0.25, 0.3) is 5.91 Å². The number of amides is 1. The van der Waals surface area contributed by atoms with Gasteiger partial charge >= 0.3 is 6.18 Å². The first-order valence-electron chi connectivity index (χ1n) is 11.1. The molecule has 0 spiro atoms. The lowest BCUT2D eigenvalue weighted by Gasteiger charge is -2.31. The molecule has 1 amide bonds. The Bertz CT molecular complexity index is 1440. The van der Waals surface area contributed by atoms with Gasteiger partial charge in [-0.25, -0.2) is 9.67 Å². The molecule has 0 bridgehead atoms. The van der Waals surface area contributed by atoms with Crippen LogP contribution in [0.1, 0.15) is 45.5 Å². The lowest BCUT2D eigenvalue weighted by Crippen LogP contribution is -2.42. The average molecular weight is 499 g/mol. The summed E-state index contributed by atoms with van der Waals surface area (Å²) in [6.45, 7) is 2.43. The van der Waals surface area contributed by atoms with E-state index in [1.807, 2.05) is 24.3 Å². The molecule has 1 fully saturated rings. The van der Waals surface area contributed by atoms with Crippen LogP contribution >= 0.6 is 11.3 Å². The second-order valence-electron chi connectivity index (χ2n) is 8.57. The molecule has 1 aliphatic rings. The number of aromatic nitrogens is 3. The highest BCUT2D eigenvalue weighted by molar-refractivity contribution is 7.18. The number of nitrogens with zero attached hydrogens (tertiary/aromatic N) is 4. The third-order valence-corrected chi connectivity index (χ3v) is 7.30. The molecule has 0 aliphatic carbocycles. The Morgan fingerprint density at radius 1 is 1.11 bits per heavy atom. The summed E-state index contributed by atoms with van der Waals surface area (Å²) in [6.07, 6.45) is -2.90. The van der Waals surface area contributed by atoms with Crippen molar-refractivity contribution >= 4 is 27.5 Å². The van der Waals surface area contributed by atoms with E-state index in [9.17, 15) is 22.8 Å². The monoisotopic (exact) mass is 498 g/mol. The van der Waals surface area contributed by atoms with Crippen LogP contribution < -0.4 is 5.43 Å². The van der Waals surface area contributed by atoms with E-state index in [2.05, 4.69) is 5.10 Å². The van der Waals surface area contributed by atoms with Crippen molar-refractivity contribution in [3.8, 4) is 5.69 Å². The first kappa shape index (κ1) is 23.2. The van der Waals surface area contributed by atoms with Gasteiger partial charge < -0.3 is 4.90 Å². The third-order valence-electron chi connectivity index (χ3n) is 6.10. The van der Waals surface area contributed by atoms with Crippen LogP contribution in [0.2, 0.25) is 0 Å². The standard InChI is InChI=1S/C25H21F3N4O2S/c1-15-12-20(33)22(30-32(15)18-8-4-7-17(13-18)25(26,27)28)24(34)31-11-5-6-16(14-31)23-29-19-9-2-3-10-21(19)35-23/h2-4,7-10,12-13,16H,5-6,11,14H2,1H3/t16-/m1/s1. The largest absolute Gasteiger partial charge is 0.416 e. The highest BCUT2D eigenvalue weighted by Crippen LogP contribution is 2.33. The fourth-order valence-corrected chi connectivity index (χ4v) is 5.44. The Kier molecular flexibility index (Phi) is 5.92. The number of carbonyl (C=O) groups is 1. The molecule has 2 aromatic carbocycles. The van der Waals surface area contributed by atoms with E-state index in [1.54, 1.807) is 23.2 Å². The van der Waals surface area contributed by atoms with Crippen molar-refractivity contribution in [3.05, 3.63) is 86.8 Å². The number of benzene rings is 2. The predicted octanol–water partition coefficient (Wildman–Crippen LogP) is 5.19.